The molecule has 0 bridgehead atoms. The van der Waals surface area contributed by atoms with Crippen molar-refractivity contribution in [2.24, 2.45) is 0 Å². The molecule has 7 heteroatoms. The van der Waals surface area contributed by atoms with E-state index in [4.69, 9.17) is 10.2 Å². The summed E-state index contributed by atoms with van der Waals surface area (Å²) in [6.45, 7) is 5.28. The maximum Gasteiger partial charge on any atom is 0.140 e. The first-order chi connectivity index (χ1) is 13.1. The van der Waals surface area contributed by atoms with Crippen LogP contribution in [-0.2, 0) is 13.1 Å². The smallest absolute Gasteiger partial charge is 0.140 e. The average molecular weight is 396 g/mol. The Labute approximate surface area is 168 Å². The van der Waals surface area contributed by atoms with E-state index in [1.54, 1.807) is 24.4 Å². The van der Waals surface area contributed by atoms with E-state index < -0.39 is 0 Å². The van der Waals surface area contributed by atoms with E-state index in [-0.39, 0.29) is 18.2 Å². The third kappa shape index (κ3) is 3.37. The molecule has 0 aliphatic carbocycles. The van der Waals surface area contributed by atoms with Crippen molar-refractivity contribution >= 4 is 23.4 Å². The van der Waals surface area contributed by atoms with Crippen molar-refractivity contribution in [3.8, 4) is 17.5 Å². The van der Waals surface area contributed by atoms with Crippen molar-refractivity contribution in [2.75, 3.05) is 0 Å². The lowest BCUT2D eigenvalue weighted by Gasteiger charge is -2.11. The van der Waals surface area contributed by atoms with Gasteiger partial charge in [0.25, 0.3) is 0 Å². The standard InChI is InChI=1S/C21H18FN5.ClH/c1-3-27-19-7-5-15(12-23)10-18(19)25-20(27)13-26-9-8-24-21(26)17-11-16(22)6-4-14(17)2;/h4-11H,3,13H2,1-2H3;1H. The molecule has 2 aromatic heterocycles. The Morgan fingerprint density at radius 2 is 2.00 bits per heavy atom. The molecule has 0 saturated carbocycles. The van der Waals surface area contributed by atoms with Gasteiger partial charge in [0, 0.05) is 24.5 Å². The van der Waals surface area contributed by atoms with E-state index in [2.05, 4.69) is 22.5 Å². The lowest BCUT2D eigenvalue weighted by molar-refractivity contribution is 0.627. The molecule has 0 atom stereocenters. The number of fused-ring (bicyclic) bond motifs is 1. The van der Waals surface area contributed by atoms with Crippen LogP contribution in [0.5, 0.6) is 0 Å². The molecule has 2 heterocycles. The van der Waals surface area contributed by atoms with Gasteiger partial charge in [-0.3, -0.25) is 0 Å². The number of hydrogen-bond donors (Lipinski definition) is 0. The van der Waals surface area contributed by atoms with Gasteiger partial charge >= 0.3 is 0 Å². The molecule has 0 aliphatic rings. The van der Waals surface area contributed by atoms with Crippen molar-refractivity contribution in [1.82, 2.24) is 19.1 Å². The first-order valence-electron chi connectivity index (χ1n) is 8.77. The highest BCUT2D eigenvalue weighted by Gasteiger charge is 2.15. The molecule has 0 unspecified atom stereocenters. The molecular weight excluding hydrogens is 377 g/mol. The van der Waals surface area contributed by atoms with Crippen LogP contribution in [0.4, 0.5) is 4.39 Å². The second-order valence-electron chi connectivity index (χ2n) is 6.43. The summed E-state index contributed by atoms with van der Waals surface area (Å²) in [5.74, 6) is 1.30. The number of aryl methyl sites for hydroxylation is 2. The van der Waals surface area contributed by atoms with Gasteiger partial charge in [-0.05, 0) is 49.7 Å². The monoisotopic (exact) mass is 395 g/mol. The van der Waals surface area contributed by atoms with Crippen LogP contribution in [0, 0.1) is 24.1 Å². The van der Waals surface area contributed by atoms with Crippen LogP contribution in [0.15, 0.2) is 48.8 Å². The fourth-order valence-electron chi connectivity index (χ4n) is 3.39. The summed E-state index contributed by atoms with van der Waals surface area (Å²) in [4.78, 5) is 9.17. The Kier molecular flexibility index (Phi) is 5.48. The topological polar surface area (TPSA) is 59.4 Å². The Bertz CT molecular complexity index is 1190. The summed E-state index contributed by atoms with van der Waals surface area (Å²) in [5, 5.41) is 9.12. The van der Waals surface area contributed by atoms with Gasteiger partial charge in [-0.1, -0.05) is 6.07 Å². The van der Waals surface area contributed by atoms with Gasteiger partial charge in [-0.15, -0.1) is 12.4 Å². The summed E-state index contributed by atoms with van der Waals surface area (Å²) < 4.78 is 17.8. The molecule has 2 aromatic carbocycles. The molecule has 0 fully saturated rings. The van der Waals surface area contributed by atoms with E-state index in [0.717, 1.165) is 34.5 Å². The summed E-state index contributed by atoms with van der Waals surface area (Å²) >= 11 is 0. The molecule has 142 valence electrons. The summed E-state index contributed by atoms with van der Waals surface area (Å²) in [5.41, 5.74) is 4.12. The van der Waals surface area contributed by atoms with Gasteiger partial charge in [0.05, 0.1) is 29.2 Å². The lowest BCUT2D eigenvalue weighted by Crippen LogP contribution is -2.09. The maximum absolute atomic E-state index is 13.7. The zero-order valence-corrected chi connectivity index (χ0v) is 16.4. The molecule has 28 heavy (non-hydrogen) atoms. The van der Waals surface area contributed by atoms with Gasteiger partial charge in [0.15, 0.2) is 0 Å². The van der Waals surface area contributed by atoms with Crippen LogP contribution in [-0.4, -0.2) is 19.1 Å². The predicted octanol–water partition coefficient (Wildman–Crippen LogP) is 4.71. The van der Waals surface area contributed by atoms with Gasteiger partial charge in [0.1, 0.15) is 17.5 Å². The van der Waals surface area contributed by atoms with E-state index in [0.29, 0.717) is 17.9 Å². The largest absolute Gasteiger partial charge is 0.327 e. The molecule has 4 rings (SSSR count). The van der Waals surface area contributed by atoms with Gasteiger partial charge in [-0.25, -0.2) is 14.4 Å². The normalized spacial score (nSPS) is 10.6. The fraction of sp³-hybridized carbons (Fsp3) is 0.190. The minimum atomic E-state index is -0.282. The summed E-state index contributed by atoms with van der Waals surface area (Å²) in [7, 11) is 0. The number of rotatable bonds is 4. The number of halogens is 2. The van der Waals surface area contributed by atoms with Crippen LogP contribution in [0.25, 0.3) is 22.4 Å². The highest BCUT2D eigenvalue weighted by atomic mass is 35.5. The van der Waals surface area contributed by atoms with Crippen molar-refractivity contribution < 1.29 is 4.39 Å². The number of nitriles is 1. The van der Waals surface area contributed by atoms with E-state index >= 15 is 0 Å². The van der Waals surface area contributed by atoms with Gasteiger partial charge in [0.2, 0.25) is 0 Å². The summed E-state index contributed by atoms with van der Waals surface area (Å²) in [6, 6.07) is 12.4. The third-order valence-electron chi connectivity index (χ3n) is 4.74. The third-order valence-corrected chi connectivity index (χ3v) is 4.74. The number of nitrogens with zero attached hydrogens (tertiary/aromatic N) is 5. The number of benzene rings is 2. The number of aromatic nitrogens is 4. The molecule has 0 N–H and O–H groups in total. The predicted molar refractivity (Wildman–Crippen MR) is 109 cm³/mol. The molecule has 4 aromatic rings. The highest BCUT2D eigenvalue weighted by Crippen LogP contribution is 2.25. The van der Waals surface area contributed by atoms with E-state index in [1.165, 1.54) is 12.1 Å². The molecule has 0 amide bonds. The van der Waals surface area contributed by atoms with Crippen LogP contribution < -0.4 is 0 Å². The fourth-order valence-corrected chi connectivity index (χ4v) is 3.39. The number of imidazole rings is 2. The van der Waals surface area contributed by atoms with Crippen LogP contribution in [0.2, 0.25) is 0 Å². The minimum Gasteiger partial charge on any atom is -0.327 e. The molecular formula is C21H19ClFN5. The quantitative estimate of drug-likeness (QED) is 0.502. The van der Waals surface area contributed by atoms with Crippen molar-refractivity contribution in [3.05, 3.63) is 71.6 Å². The zero-order chi connectivity index (χ0) is 19.0. The highest BCUT2D eigenvalue weighted by molar-refractivity contribution is 5.85. The second kappa shape index (κ2) is 7.83. The molecule has 5 nitrogen and oxygen atoms in total. The summed E-state index contributed by atoms with van der Waals surface area (Å²) in [6.07, 6.45) is 3.59. The van der Waals surface area contributed by atoms with E-state index in [9.17, 15) is 4.39 Å². The number of hydrogen-bond acceptors (Lipinski definition) is 3. The maximum atomic E-state index is 13.7. The van der Waals surface area contributed by atoms with Crippen molar-refractivity contribution in [3.63, 3.8) is 0 Å². The first kappa shape index (κ1) is 19.6. The Balaban J connectivity index is 0.00000225. The zero-order valence-electron chi connectivity index (χ0n) is 15.6. The minimum absolute atomic E-state index is 0. The molecule has 0 aliphatic heterocycles. The molecule has 0 radical (unpaired) electrons. The van der Waals surface area contributed by atoms with Crippen molar-refractivity contribution in [1.29, 1.82) is 5.26 Å². The van der Waals surface area contributed by atoms with Gasteiger partial charge in [-0.2, -0.15) is 5.26 Å². The first-order valence-corrected chi connectivity index (χ1v) is 8.77. The van der Waals surface area contributed by atoms with Gasteiger partial charge < -0.3 is 9.13 Å². The Morgan fingerprint density at radius 1 is 1.18 bits per heavy atom. The average Bonchev–Trinajstić information content (AvgIpc) is 3.27. The van der Waals surface area contributed by atoms with Crippen LogP contribution in [0.1, 0.15) is 23.9 Å². The Hall–Kier alpha value is -3.17. The van der Waals surface area contributed by atoms with Crippen molar-refractivity contribution in [2.45, 2.75) is 26.9 Å². The van der Waals surface area contributed by atoms with Crippen LogP contribution in [0.3, 0.4) is 0 Å². The second-order valence-corrected chi connectivity index (χ2v) is 6.43. The molecule has 0 saturated heterocycles. The van der Waals surface area contributed by atoms with E-state index in [1.807, 2.05) is 23.8 Å². The van der Waals surface area contributed by atoms with Crippen LogP contribution >= 0.6 is 12.4 Å². The lowest BCUT2D eigenvalue weighted by atomic mass is 10.1. The SMILES string of the molecule is CCn1c(Cn2ccnc2-c2cc(F)ccc2C)nc2cc(C#N)ccc21.Cl. The molecule has 0 spiro atoms. The Morgan fingerprint density at radius 3 is 2.75 bits per heavy atom.